The molecule has 3 rings (SSSR count). The number of nitrogens with zero attached hydrogens (tertiary/aromatic N) is 1. The third-order valence-corrected chi connectivity index (χ3v) is 4.52. The number of anilines is 1. The quantitative estimate of drug-likeness (QED) is 0.752. The largest absolute Gasteiger partial charge is 0.449 e. The molecule has 2 aromatic rings. The van der Waals surface area contributed by atoms with Crippen molar-refractivity contribution in [1.82, 2.24) is 0 Å². The molecule has 2 atom stereocenters. The van der Waals surface area contributed by atoms with Crippen molar-refractivity contribution in [1.29, 1.82) is 0 Å². The molecule has 1 heterocycles. The van der Waals surface area contributed by atoms with Crippen molar-refractivity contribution in [3.05, 3.63) is 65.2 Å². The number of alkyl halides is 3. The molecule has 0 aromatic heterocycles. The summed E-state index contributed by atoms with van der Waals surface area (Å²) in [5.41, 5.74) is 0.926. The van der Waals surface area contributed by atoms with Crippen molar-refractivity contribution >= 4 is 17.6 Å². The van der Waals surface area contributed by atoms with Crippen molar-refractivity contribution < 1.29 is 27.5 Å². The fraction of sp³-hybridized carbons (Fsp3) is 0.300. The average Bonchev–Trinajstić information content (AvgIpc) is 2.96. The molecule has 1 amide bonds. The monoisotopic (exact) mass is 377 g/mol. The van der Waals surface area contributed by atoms with E-state index >= 15 is 0 Å². The van der Waals surface area contributed by atoms with Gasteiger partial charge in [0.25, 0.3) is 5.91 Å². The highest BCUT2D eigenvalue weighted by molar-refractivity contribution is 6.00. The van der Waals surface area contributed by atoms with E-state index in [4.69, 9.17) is 4.74 Å². The van der Waals surface area contributed by atoms with E-state index < -0.39 is 23.8 Å². The minimum Gasteiger partial charge on any atom is -0.449 e. The maximum Gasteiger partial charge on any atom is 0.416 e. The molecule has 7 heteroatoms. The summed E-state index contributed by atoms with van der Waals surface area (Å²) in [5.74, 6) is -1.21. The van der Waals surface area contributed by atoms with Crippen LogP contribution in [0.1, 0.15) is 35.3 Å². The summed E-state index contributed by atoms with van der Waals surface area (Å²) in [6.07, 6.45) is -4.83. The third-order valence-electron chi connectivity index (χ3n) is 4.52. The summed E-state index contributed by atoms with van der Waals surface area (Å²) < 4.78 is 43.0. The molecular formula is C20H18F3NO3. The van der Waals surface area contributed by atoms with Crippen molar-refractivity contribution in [2.24, 2.45) is 0 Å². The first-order valence-corrected chi connectivity index (χ1v) is 8.47. The van der Waals surface area contributed by atoms with Crippen LogP contribution in [-0.2, 0) is 22.1 Å². The maximum absolute atomic E-state index is 12.8. The van der Waals surface area contributed by atoms with E-state index in [2.05, 4.69) is 0 Å². The Balaban J connectivity index is 1.71. The Morgan fingerprint density at radius 3 is 2.37 bits per heavy atom. The van der Waals surface area contributed by atoms with Gasteiger partial charge in [-0.05, 0) is 56.2 Å². The average molecular weight is 377 g/mol. The van der Waals surface area contributed by atoms with Gasteiger partial charge in [0.05, 0.1) is 11.1 Å². The van der Waals surface area contributed by atoms with E-state index in [1.807, 2.05) is 31.2 Å². The van der Waals surface area contributed by atoms with Crippen molar-refractivity contribution in [2.45, 2.75) is 38.6 Å². The third kappa shape index (κ3) is 3.82. The lowest BCUT2D eigenvalue weighted by molar-refractivity contribution is -0.137. The second kappa shape index (κ2) is 7.06. The van der Waals surface area contributed by atoms with Crippen LogP contribution in [0.25, 0.3) is 0 Å². The Labute approximate surface area is 154 Å². The number of halogens is 3. The Morgan fingerprint density at radius 2 is 1.74 bits per heavy atom. The molecule has 0 fully saturated rings. The molecule has 0 radical (unpaired) electrons. The van der Waals surface area contributed by atoms with Gasteiger partial charge in [0, 0.05) is 11.7 Å². The van der Waals surface area contributed by atoms with E-state index in [9.17, 15) is 22.8 Å². The number of benzene rings is 2. The SMILES string of the molecule is C[C@@H](OC(=O)c1ccc(C(F)(F)F)cc1)C(=O)N1c2ccccc2C[C@@H]1C. The van der Waals surface area contributed by atoms with E-state index in [1.165, 1.54) is 6.92 Å². The fourth-order valence-corrected chi connectivity index (χ4v) is 3.17. The van der Waals surface area contributed by atoms with Crippen LogP contribution in [0.5, 0.6) is 0 Å². The standard InChI is InChI=1S/C20H18F3NO3/c1-12-11-15-5-3-4-6-17(15)24(12)18(25)13(2)27-19(26)14-7-9-16(10-8-14)20(21,22)23/h3-10,12-13H,11H2,1-2H3/t12-,13+/m0/s1. The first-order valence-electron chi connectivity index (χ1n) is 8.47. The highest BCUT2D eigenvalue weighted by Gasteiger charge is 2.35. The molecule has 0 unspecified atom stereocenters. The molecule has 0 saturated carbocycles. The number of rotatable bonds is 3. The van der Waals surface area contributed by atoms with Crippen LogP contribution in [-0.4, -0.2) is 24.0 Å². The lowest BCUT2D eigenvalue weighted by Crippen LogP contribution is -2.43. The summed E-state index contributed by atoms with van der Waals surface area (Å²) >= 11 is 0. The van der Waals surface area contributed by atoms with E-state index in [0.29, 0.717) is 6.42 Å². The lowest BCUT2D eigenvalue weighted by atomic mass is 10.1. The molecule has 1 aliphatic heterocycles. The molecule has 4 nitrogen and oxygen atoms in total. The van der Waals surface area contributed by atoms with Gasteiger partial charge in [-0.15, -0.1) is 0 Å². The number of hydrogen-bond donors (Lipinski definition) is 0. The molecule has 0 saturated heterocycles. The predicted octanol–water partition coefficient (Wildman–Crippen LogP) is 4.23. The molecule has 0 spiro atoms. The molecule has 2 aromatic carbocycles. The molecule has 0 N–H and O–H groups in total. The minimum absolute atomic E-state index is 0.0440. The van der Waals surface area contributed by atoms with Gasteiger partial charge < -0.3 is 9.64 Å². The zero-order chi connectivity index (χ0) is 19.8. The zero-order valence-corrected chi connectivity index (χ0v) is 14.8. The summed E-state index contributed by atoms with van der Waals surface area (Å²) in [7, 11) is 0. The molecular weight excluding hydrogens is 359 g/mol. The summed E-state index contributed by atoms with van der Waals surface area (Å²) in [6.45, 7) is 3.36. The van der Waals surface area contributed by atoms with Gasteiger partial charge in [-0.3, -0.25) is 4.79 Å². The van der Waals surface area contributed by atoms with Crippen molar-refractivity contribution in [3.63, 3.8) is 0 Å². The van der Waals surface area contributed by atoms with Crippen LogP contribution in [0.3, 0.4) is 0 Å². The second-order valence-corrected chi connectivity index (χ2v) is 6.51. The van der Waals surface area contributed by atoms with Crippen LogP contribution in [0.15, 0.2) is 48.5 Å². The van der Waals surface area contributed by atoms with Gasteiger partial charge >= 0.3 is 12.1 Å². The Bertz CT molecular complexity index is 862. The second-order valence-electron chi connectivity index (χ2n) is 6.51. The highest BCUT2D eigenvalue weighted by Crippen LogP contribution is 2.33. The minimum atomic E-state index is -4.48. The smallest absolute Gasteiger partial charge is 0.416 e. The fourth-order valence-electron chi connectivity index (χ4n) is 3.17. The van der Waals surface area contributed by atoms with Crippen molar-refractivity contribution in [2.75, 3.05) is 4.90 Å². The number of ether oxygens (including phenoxy) is 1. The van der Waals surface area contributed by atoms with Crippen molar-refractivity contribution in [3.8, 4) is 0 Å². The number of fused-ring (bicyclic) bond motifs is 1. The van der Waals surface area contributed by atoms with Crippen LogP contribution >= 0.6 is 0 Å². The number of carbonyl (C=O) groups excluding carboxylic acids is 2. The number of para-hydroxylation sites is 1. The molecule has 1 aliphatic rings. The number of carbonyl (C=O) groups is 2. The first kappa shape index (κ1) is 18.9. The summed E-state index contributed by atoms with van der Waals surface area (Å²) in [6, 6.07) is 11.1. The van der Waals surface area contributed by atoms with Gasteiger partial charge in [-0.25, -0.2) is 4.79 Å². The van der Waals surface area contributed by atoms with E-state index in [0.717, 1.165) is 35.5 Å². The molecule has 0 bridgehead atoms. The lowest BCUT2D eigenvalue weighted by Gasteiger charge is -2.26. The number of hydrogen-bond acceptors (Lipinski definition) is 3. The topological polar surface area (TPSA) is 46.6 Å². The van der Waals surface area contributed by atoms with Crippen LogP contribution in [0, 0.1) is 0 Å². The molecule has 0 aliphatic carbocycles. The van der Waals surface area contributed by atoms with Gasteiger partial charge in [0.2, 0.25) is 0 Å². The maximum atomic E-state index is 12.8. The van der Waals surface area contributed by atoms with Gasteiger partial charge in [0.15, 0.2) is 6.10 Å². The van der Waals surface area contributed by atoms with E-state index in [1.54, 1.807) is 4.90 Å². The first-order chi connectivity index (χ1) is 12.7. The molecule has 142 valence electrons. The zero-order valence-electron chi connectivity index (χ0n) is 14.8. The van der Waals surface area contributed by atoms with Crippen LogP contribution < -0.4 is 4.90 Å². The normalized spacial score (nSPS) is 17.4. The number of esters is 1. The molecule has 27 heavy (non-hydrogen) atoms. The van der Waals surface area contributed by atoms with Crippen LogP contribution in [0.4, 0.5) is 18.9 Å². The summed E-state index contributed by atoms with van der Waals surface area (Å²) in [4.78, 5) is 26.6. The summed E-state index contributed by atoms with van der Waals surface area (Å²) in [5, 5.41) is 0. The van der Waals surface area contributed by atoms with Gasteiger partial charge in [0.1, 0.15) is 0 Å². The highest BCUT2D eigenvalue weighted by atomic mass is 19.4. The number of amides is 1. The Hall–Kier alpha value is -2.83. The Kier molecular flexibility index (Phi) is 4.95. The van der Waals surface area contributed by atoms with Gasteiger partial charge in [-0.2, -0.15) is 13.2 Å². The Morgan fingerprint density at radius 1 is 1.11 bits per heavy atom. The predicted molar refractivity (Wildman–Crippen MR) is 93.4 cm³/mol. The van der Waals surface area contributed by atoms with E-state index in [-0.39, 0.29) is 17.5 Å². The van der Waals surface area contributed by atoms with Gasteiger partial charge in [-0.1, -0.05) is 18.2 Å². The van der Waals surface area contributed by atoms with Crippen LogP contribution in [0.2, 0.25) is 0 Å².